The van der Waals surface area contributed by atoms with Crippen molar-refractivity contribution in [2.75, 3.05) is 0 Å². The molecule has 0 saturated heterocycles. The van der Waals surface area contributed by atoms with Gasteiger partial charge in [-0.2, -0.15) is 5.06 Å². The number of aryl methyl sites for hydroxylation is 1. The third-order valence-corrected chi connectivity index (χ3v) is 6.41. The van der Waals surface area contributed by atoms with Crippen molar-refractivity contribution in [2.45, 2.75) is 38.0 Å². The molecule has 1 aliphatic heterocycles. The van der Waals surface area contributed by atoms with Crippen molar-refractivity contribution in [2.24, 2.45) is 0 Å². The zero-order valence-electron chi connectivity index (χ0n) is 17.4. The van der Waals surface area contributed by atoms with Gasteiger partial charge in [0.15, 0.2) is 0 Å². The highest BCUT2D eigenvalue weighted by Crippen LogP contribution is 2.51. The Kier molecular flexibility index (Phi) is 4.71. The molecule has 0 N–H and O–H groups in total. The predicted molar refractivity (Wildman–Crippen MR) is 121 cm³/mol. The Morgan fingerprint density at radius 1 is 0.774 bits per heavy atom. The minimum Gasteiger partial charge on any atom is -0.460 e. The minimum atomic E-state index is -0.0153. The molecule has 2 heterocycles. The maximum absolute atomic E-state index is 6.69. The molecule has 3 nitrogen and oxygen atoms in total. The first-order valence-electron chi connectivity index (χ1n) is 11.1. The molecule has 2 atom stereocenters. The van der Waals surface area contributed by atoms with E-state index in [0.717, 1.165) is 42.9 Å². The zero-order valence-corrected chi connectivity index (χ0v) is 17.4. The molecule has 0 amide bonds. The normalized spacial score (nSPS) is 20.4. The third kappa shape index (κ3) is 3.31. The molecule has 1 aromatic heterocycles. The van der Waals surface area contributed by atoms with Gasteiger partial charge in [0.05, 0.1) is 12.6 Å². The van der Waals surface area contributed by atoms with E-state index in [0.29, 0.717) is 0 Å². The standard InChI is InChI=1S/C28H25NO2/c1-4-11-20(12-5-1)19-29-27(21-13-6-2-7-14-21)26-25-23(17-10-18-24(25)31-29)30-28(26)22-15-8-3-9-16-22/h1-9,11-16,24,27H,10,17-19H2/t24-,27+/m0/s1. The van der Waals surface area contributed by atoms with Crippen molar-refractivity contribution in [3.8, 4) is 11.3 Å². The fraction of sp³-hybridized carbons (Fsp3) is 0.214. The topological polar surface area (TPSA) is 25.6 Å². The fourth-order valence-corrected chi connectivity index (χ4v) is 5.05. The highest BCUT2D eigenvalue weighted by Gasteiger charge is 2.43. The summed E-state index contributed by atoms with van der Waals surface area (Å²) >= 11 is 0. The first kappa shape index (κ1) is 18.6. The van der Waals surface area contributed by atoms with Crippen LogP contribution in [-0.2, 0) is 17.8 Å². The van der Waals surface area contributed by atoms with Crippen LogP contribution in [0.1, 0.15) is 53.0 Å². The summed E-state index contributed by atoms with van der Waals surface area (Å²) in [6.45, 7) is 0.727. The van der Waals surface area contributed by atoms with Gasteiger partial charge in [0, 0.05) is 23.1 Å². The first-order valence-corrected chi connectivity index (χ1v) is 11.1. The molecule has 0 spiro atoms. The van der Waals surface area contributed by atoms with Crippen LogP contribution in [0.15, 0.2) is 95.4 Å². The van der Waals surface area contributed by atoms with Gasteiger partial charge in [0.1, 0.15) is 17.6 Å². The van der Waals surface area contributed by atoms with Crippen molar-refractivity contribution in [1.82, 2.24) is 5.06 Å². The van der Waals surface area contributed by atoms with Gasteiger partial charge in [-0.3, -0.25) is 4.84 Å². The lowest BCUT2D eigenvalue weighted by Gasteiger charge is -2.41. The Morgan fingerprint density at radius 3 is 2.19 bits per heavy atom. The monoisotopic (exact) mass is 407 g/mol. The maximum Gasteiger partial charge on any atom is 0.139 e. The van der Waals surface area contributed by atoms with Crippen LogP contribution in [0.4, 0.5) is 0 Å². The Hall–Kier alpha value is -3.14. The molecule has 31 heavy (non-hydrogen) atoms. The Balaban J connectivity index is 1.55. The summed E-state index contributed by atoms with van der Waals surface area (Å²) in [5.74, 6) is 2.10. The Bertz CT molecular complexity index is 1170. The van der Waals surface area contributed by atoms with E-state index >= 15 is 0 Å². The van der Waals surface area contributed by atoms with Crippen molar-refractivity contribution in [3.05, 3.63) is 119 Å². The number of hydroxylamine groups is 2. The first-order chi connectivity index (χ1) is 15.4. The van der Waals surface area contributed by atoms with E-state index in [1.165, 1.54) is 22.3 Å². The summed E-state index contributed by atoms with van der Waals surface area (Å²) in [4.78, 5) is 6.69. The molecule has 0 radical (unpaired) electrons. The molecule has 6 rings (SSSR count). The van der Waals surface area contributed by atoms with Crippen LogP contribution < -0.4 is 0 Å². The van der Waals surface area contributed by atoms with Crippen LogP contribution in [0.3, 0.4) is 0 Å². The molecular weight excluding hydrogens is 382 g/mol. The molecule has 1 aliphatic carbocycles. The number of furan rings is 1. The lowest BCUT2D eigenvalue weighted by molar-refractivity contribution is -0.239. The van der Waals surface area contributed by atoms with Gasteiger partial charge >= 0.3 is 0 Å². The predicted octanol–water partition coefficient (Wildman–Crippen LogP) is 6.86. The number of benzene rings is 3. The fourth-order valence-electron chi connectivity index (χ4n) is 5.05. The average Bonchev–Trinajstić information content (AvgIpc) is 3.22. The Labute approximate surface area is 182 Å². The second-order valence-electron chi connectivity index (χ2n) is 8.41. The van der Waals surface area contributed by atoms with Gasteiger partial charge in [-0.15, -0.1) is 0 Å². The lowest BCUT2D eigenvalue weighted by Crippen LogP contribution is -2.37. The van der Waals surface area contributed by atoms with E-state index < -0.39 is 0 Å². The van der Waals surface area contributed by atoms with E-state index in [-0.39, 0.29) is 12.1 Å². The summed E-state index contributed by atoms with van der Waals surface area (Å²) in [5.41, 5.74) is 6.16. The second kappa shape index (κ2) is 7.84. The molecule has 154 valence electrons. The summed E-state index contributed by atoms with van der Waals surface area (Å²) in [7, 11) is 0. The maximum atomic E-state index is 6.69. The van der Waals surface area contributed by atoms with E-state index in [1.54, 1.807) is 0 Å². The Morgan fingerprint density at radius 2 is 1.45 bits per heavy atom. The van der Waals surface area contributed by atoms with Gasteiger partial charge < -0.3 is 4.42 Å². The number of nitrogens with zero attached hydrogens (tertiary/aromatic N) is 1. The van der Waals surface area contributed by atoms with Crippen LogP contribution in [0.2, 0.25) is 0 Å². The zero-order chi connectivity index (χ0) is 20.6. The van der Waals surface area contributed by atoms with Gasteiger partial charge in [-0.05, 0) is 24.0 Å². The lowest BCUT2D eigenvalue weighted by atomic mass is 9.84. The quantitative estimate of drug-likeness (QED) is 0.369. The molecule has 0 saturated carbocycles. The highest BCUT2D eigenvalue weighted by atomic mass is 16.7. The second-order valence-corrected chi connectivity index (χ2v) is 8.41. The van der Waals surface area contributed by atoms with Gasteiger partial charge in [-0.25, -0.2) is 0 Å². The van der Waals surface area contributed by atoms with Crippen molar-refractivity contribution in [3.63, 3.8) is 0 Å². The van der Waals surface area contributed by atoms with Crippen molar-refractivity contribution < 1.29 is 9.25 Å². The van der Waals surface area contributed by atoms with Gasteiger partial charge in [0.25, 0.3) is 0 Å². The van der Waals surface area contributed by atoms with E-state index in [1.807, 2.05) is 0 Å². The van der Waals surface area contributed by atoms with Crippen LogP contribution in [0, 0.1) is 0 Å². The number of hydrogen-bond donors (Lipinski definition) is 0. The minimum absolute atomic E-state index is 0.0153. The van der Waals surface area contributed by atoms with Gasteiger partial charge in [0.2, 0.25) is 0 Å². The SMILES string of the molecule is c1ccc(CN2O[C@H]3CCCc4oc(-c5ccccc5)c(c43)[C@H]2c2ccccc2)cc1. The molecule has 0 bridgehead atoms. The van der Waals surface area contributed by atoms with Crippen LogP contribution in [0.5, 0.6) is 0 Å². The van der Waals surface area contributed by atoms with E-state index in [9.17, 15) is 0 Å². The third-order valence-electron chi connectivity index (χ3n) is 6.41. The molecule has 2 aliphatic rings. The number of hydrogen-bond acceptors (Lipinski definition) is 3. The van der Waals surface area contributed by atoms with Crippen LogP contribution >= 0.6 is 0 Å². The van der Waals surface area contributed by atoms with Crippen LogP contribution in [-0.4, -0.2) is 5.06 Å². The van der Waals surface area contributed by atoms with E-state index in [4.69, 9.17) is 9.25 Å². The largest absolute Gasteiger partial charge is 0.460 e. The summed E-state index contributed by atoms with van der Waals surface area (Å²) < 4.78 is 6.57. The molecule has 3 heteroatoms. The van der Waals surface area contributed by atoms with Crippen molar-refractivity contribution >= 4 is 0 Å². The van der Waals surface area contributed by atoms with Gasteiger partial charge in [-0.1, -0.05) is 91.0 Å². The molecule has 0 unspecified atom stereocenters. The molecule has 3 aromatic carbocycles. The van der Waals surface area contributed by atoms with E-state index in [2.05, 4.69) is 96.1 Å². The highest BCUT2D eigenvalue weighted by molar-refractivity contribution is 5.67. The molecular formula is C28H25NO2. The summed E-state index contributed by atoms with van der Waals surface area (Å²) in [5, 5.41) is 2.18. The number of rotatable bonds is 4. The average molecular weight is 408 g/mol. The smallest absolute Gasteiger partial charge is 0.139 e. The molecule has 0 fully saturated rings. The summed E-state index contributed by atoms with van der Waals surface area (Å²) in [6, 6.07) is 31.8. The molecule has 4 aromatic rings. The summed E-state index contributed by atoms with van der Waals surface area (Å²) in [6.07, 6.45) is 3.16. The van der Waals surface area contributed by atoms with Crippen molar-refractivity contribution in [1.29, 1.82) is 0 Å². The van der Waals surface area contributed by atoms with Crippen LogP contribution in [0.25, 0.3) is 11.3 Å².